The lowest BCUT2D eigenvalue weighted by Gasteiger charge is -2.38. The number of hydrogen-bond donors (Lipinski definition) is 1. The van der Waals surface area contributed by atoms with Crippen LogP contribution in [0.15, 0.2) is 115 Å². The molecule has 4 aromatic carbocycles. The number of allylic oxidation sites excluding steroid dienone is 8. The van der Waals surface area contributed by atoms with E-state index in [1.54, 1.807) is 0 Å². The number of nitrogens with one attached hydrogen (secondary N) is 1. The van der Waals surface area contributed by atoms with E-state index in [9.17, 15) is 0 Å². The average molecular weight is 682 g/mol. The van der Waals surface area contributed by atoms with Crippen LogP contribution in [0.25, 0.3) is 17.7 Å². The standard InChI is InChI=1S/C51H55N/c1-10-12-43-45(25-15-32(2)3)49-44-26-24-41(52-9)13-11-14-42(44)47-31-51(39-20-16-33(4)17-21-39,40-22-18-34(5)19-23-40)28-27-46(47)50(49)48(43)38-29-35(6)37(8)36(7)30-38/h10-13,15-30,32,41,48,52H,14,31H2,1-9H3/b12-10-,13-11-,25-15-,26-24-. The second-order valence-electron chi connectivity index (χ2n) is 15.8. The first-order chi connectivity index (χ1) is 25.1. The van der Waals surface area contributed by atoms with Crippen LogP contribution in [0.3, 0.4) is 0 Å². The van der Waals surface area contributed by atoms with E-state index in [1.165, 1.54) is 89.0 Å². The first-order valence-electron chi connectivity index (χ1n) is 19.3. The molecule has 1 N–H and O–H groups in total. The van der Waals surface area contributed by atoms with Gasteiger partial charge in [0.1, 0.15) is 0 Å². The van der Waals surface area contributed by atoms with Crippen molar-refractivity contribution in [1.29, 1.82) is 0 Å². The van der Waals surface area contributed by atoms with Gasteiger partial charge >= 0.3 is 0 Å². The maximum atomic E-state index is 3.51. The van der Waals surface area contributed by atoms with Gasteiger partial charge in [0, 0.05) is 17.4 Å². The van der Waals surface area contributed by atoms with Crippen molar-refractivity contribution >= 4 is 17.7 Å². The molecule has 0 fully saturated rings. The second-order valence-corrected chi connectivity index (χ2v) is 15.8. The van der Waals surface area contributed by atoms with E-state index in [4.69, 9.17) is 0 Å². The van der Waals surface area contributed by atoms with Crippen LogP contribution in [-0.2, 0) is 18.3 Å². The Labute approximate surface area is 313 Å². The van der Waals surface area contributed by atoms with E-state index < -0.39 is 0 Å². The highest BCUT2D eigenvalue weighted by Crippen LogP contribution is 2.55. The number of rotatable bonds is 7. The van der Waals surface area contributed by atoms with E-state index >= 15 is 0 Å². The minimum absolute atomic E-state index is 0.125. The van der Waals surface area contributed by atoms with Crippen molar-refractivity contribution in [2.75, 3.05) is 7.05 Å². The van der Waals surface area contributed by atoms with Crippen molar-refractivity contribution in [3.63, 3.8) is 0 Å². The Morgan fingerprint density at radius 3 is 1.98 bits per heavy atom. The Balaban J connectivity index is 1.60. The minimum Gasteiger partial charge on any atom is -0.310 e. The van der Waals surface area contributed by atoms with Gasteiger partial charge in [-0.25, -0.2) is 0 Å². The highest BCUT2D eigenvalue weighted by atomic mass is 14.8. The maximum Gasteiger partial charge on any atom is 0.0436 e. The Kier molecular flexibility index (Phi) is 9.85. The number of benzene rings is 4. The molecule has 52 heavy (non-hydrogen) atoms. The van der Waals surface area contributed by atoms with Crippen LogP contribution in [0.2, 0.25) is 0 Å². The van der Waals surface area contributed by atoms with Crippen molar-refractivity contribution in [3.05, 3.63) is 193 Å². The average Bonchev–Trinajstić information content (AvgIpc) is 3.43. The fourth-order valence-electron chi connectivity index (χ4n) is 8.81. The fourth-order valence-corrected chi connectivity index (χ4v) is 8.81. The molecular formula is C51H55N. The van der Waals surface area contributed by atoms with Crippen LogP contribution < -0.4 is 5.32 Å². The maximum absolute atomic E-state index is 3.51. The molecule has 264 valence electrons. The predicted octanol–water partition coefficient (Wildman–Crippen LogP) is 12.2. The number of likely N-dealkylation sites (N-methyl/N-ethyl adjacent to an activating group) is 1. The summed E-state index contributed by atoms with van der Waals surface area (Å²) in [5.74, 6) is 0.572. The van der Waals surface area contributed by atoms with Gasteiger partial charge in [-0.15, -0.1) is 0 Å². The van der Waals surface area contributed by atoms with Gasteiger partial charge in [-0.05, 0) is 145 Å². The summed E-state index contributed by atoms with van der Waals surface area (Å²) in [6.07, 6.45) is 25.9. The van der Waals surface area contributed by atoms with Crippen LogP contribution in [0.5, 0.6) is 0 Å². The molecule has 7 rings (SSSR count). The van der Waals surface area contributed by atoms with Crippen LogP contribution >= 0.6 is 0 Å². The molecule has 0 radical (unpaired) electrons. The van der Waals surface area contributed by atoms with Gasteiger partial charge in [-0.1, -0.05) is 146 Å². The van der Waals surface area contributed by atoms with Gasteiger partial charge in [0.15, 0.2) is 0 Å². The third-order valence-electron chi connectivity index (χ3n) is 11.9. The topological polar surface area (TPSA) is 12.0 Å². The monoisotopic (exact) mass is 681 g/mol. The molecule has 4 aromatic rings. The van der Waals surface area contributed by atoms with Crippen LogP contribution in [0, 0.1) is 40.5 Å². The Morgan fingerprint density at radius 2 is 1.40 bits per heavy atom. The SMILES string of the molecule is C/C=C\C1=C(/C=C\C(C)C)c2c3c(c4c(c2C1c1cc(C)c(C)c(C)c1)C=CC(c1ccc(C)cc1)(c1ccc(C)cc1)C4)C/C=C\C(NC)/C=C\3. The molecular weight excluding hydrogens is 627 g/mol. The summed E-state index contributed by atoms with van der Waals surface area (Å²) >= 11 is 0. The van der Waals surface area contributed by atoms with Crippen molar-refractivity contribution in [1.82, 2.24) is 5.32 Å². The minimum atomic E-state index is -0.287. The normalized spacial score (nSPS) is 20.3. The summed E-state index contributed by atoms with van der Waals surface area (Å²) < 4.78 is 0. The highest BCUT2D eigenvalue weighted by molar-refractivity contribution is 5.96. The van der Waals surface area contributed by atoms with Gasteiger partial charge < -0.3 is 5.32 Å². The Bertz CT molecular complexity index is 2120. The predicted molar refractivity (Wildman–Crippen MR) is 225 cm³/mol. The molecule has 3 aliphatic rings. The number of hydrogen-bond acceptors (Lipinski definition) is 1. The third kappa shape index (κ3) is 6.24. The largest absolute Gasteiger partial charge is 0.310 e. The zero-order valence-electron chi connectivity index (χ0n) is 32.7. The van der Waals surface area contributed by atoms with Crippen molar-refractivity contribution in [3.8, 4) is 0 Å². The number of aryl methyl sites for hydroxylation is 4. The molecule has 0 heterocycles. The van der Waals surface area contributed by atoms with E-state index in [0.29, 0.717) is 5.92 Å². The van der Waals surface area contributed by atoms with Gasteiger partial charge in [0.25, 0.3) is 0 Å². The molecule has 2 unspecified atom stereocenters. The lowest BCUT2D eigenvalue weighted by molar-refractivity contribution is 0.628. The lowest BCUT2D eigenvalue weighted by Crippen LogP contribution is -2.32. The van der Waals surface area contributed by atoms with Crippen molar-refractivity contribution < 1.29 is 0 Å². The van der Waals surface area contributed by atoms with E-state index in [1.807, 2.05) is 0 Å². The molecule has 0 spiro atoms. The van der Waals surface area contributed by atoms with Crippen LogP contribution in [-0.4, -0.2) is 13.1 Å². The van der Waals surface area contributed by atoms with Crippen molar-refractivity contribution in [2.45, 2.75) is 85.6 Å². The quantitative estimate of drug-likeness (QED) is 0.191. The first-order valence-corrected chi connectivity index (χ1v) is 19.3. The molecule has 0 saturated carbocycles. The Hall–Kier alpha value is -4.72. The van der Waals surface area contributed by atoms with Gasteiger partial charge in [-0.3, -0.25) is 0 Å². The van der Waals surface area contributed by atoms with Gasteiger partial charge in [-0.2, -0.15) is 0 Å². The zero-order chi connectivity index (χ0) is 36.7. The highest BCUT2D eigenvalue weighted by Gasteiger charge is 2.42. The summed E-state index contributed by atoms with van der Waals surface area (Å²) in [6, 6.07) is 23.7. The molecule has 0 aliphatic heterocycles. The summed E-state index contributed by atoms with van der Waals surface area (Å²) in [4.78, 5) is 0. The van der Waals surface area contributed by atoms with Crippen molar-refractivity contribution in [2.24, 2.45) is 5.92 Å². The fraction of sp³-hybridized carbons (Fsp3) is 0.294. The molecule has 0 bridgehead atoms. The molecule has 2 atom stereocenters. The molecule has 3 aliphatic carbocycles. The second kappa shape index (κ2) is 14.4. The molecule has 1 heteroatoms. The molecule has 0 amide bonds. The van der Waals surface area contributed by atoms with Crippen LogP contribution in [0.1, 0.15) is 105 Å². The summed E-state index contributed by atoms with van der Waals surface area (Å²) in [6.45, 7) is 17.9. The summed E-state index contributed by atoms with van der Waals surface area (Å²) in [5.41, 5.74) is 21.8. The molecule has 0 saturated heterocycles. The Morgan fingerprint density at radius 1 is 0.769 bits per heavy atom. The molecule has 0 aromatic heterocycles. The van der Waals surface area contributed by atoms with E-state index in [2.05, 4.69) is 189 Å². The third-order valence-corrected chi connectivity index (χ3v) is 11.9. The van der Waals surface area contributed by atoms with Gasteiger partial charge in [0.2, 0.25) is 0 Å². The summed E-state index contributed by atoms with van der Waals surface area (Å²) in [5, 5.41) is 3.51. The first kappa shape index (κ1) is 35.7. The van der Waals surface area contributed by atoms with Crippen LogP contribution in [0.4, 0.5) is 0 Å². The summed E-state index contributed by atoms with van der Waals surface area (Å²) in [7, 11) is 2.06. The number of fused-ring (bicyclic) bond motifs is 6. The van der Waals surface area contributed by atoms with E-state index in [-0.39, 0.29) is 17.4 Å². The zero-order valence-corrected chi connectivity index (χ0v) is 32.7. The smallest absolute Gasteiger partial charge is 0.0436 e. The lowest BCUT2D eigenvalue weighted by atomic mass is 9.64. The van der Waals surface area contributed by atoms with Gasteiger partial charge in [0.05, 0.1) is 0 Å². The molecule has 1 nitrogen and oxygen atoms in total. The van der Waals surface area contributed by atoms with E-state index in [0.717, 1.165) is 12.8 Å².